The van der Waals surface area contributed by atoms with E-state index in [0.717, 1.165) is 29.6 Å². The molecule has 0 bridgehead atoms. The number of carbonyl (C=O) groups is 1. The summed E-state index contributed by atoms with van der Waals surface area (Å²) < 4.78 is 2.08. The molecule has 0 radical (unpaired) electrons. The average molecular weight is 409 g/mol. The van der Waals surface area contributed by atoms with Gasteiger partial charge in [0, 0.05) is 18.7 Å². The van der Waals surface area contributed by atoms with E-state index in [2.05, 4.69) is 65.1 Å². The Bertz CT molecular complexity index is 935. The number of benzene rings is 2. The predicted octanol–water partition coefficient (Wildman–Crippen LogP) is 5.13. The van der Waals surface area contributed by atoms with Crippen molar-refractivity contribution < 1.29 is 4.79 Å². The summed E-state index contributed by atoms with van der Waals surface area (Å²) in [7, 11) is 0. The van der Waals surface area contributed by atoms with Crippen molar-refractivity contribution in [2.75, 3.05) is 5.32 Å². The third-order valence-electron chi connectivity index (χ3n) is 4.81. The fourth-order valence-corrected chi connectivity index (χ4v) is 3.97. The van der Waals surface area contributed by atoms with Crippen molar-refractivity contribution >= 4 is 23.4 Å². The quantitative estimate of drug-likeness (QED) is 0.525. The minimum atomic E-state index is -0.279. The highest BCUT2D eigenvalue weighted by Gasteiger charge is 2.20. The van der Waals surface area contributed by atoms with Crippen LogP contribution in [0.15, 0.2) is 59.8 Å². The summed E-state index contributed by atoms with van der Waals surface area (Å²) in [5.41, 5.74) is 3.27. The van der Waals surface area contributed by atoms with Crippen LogP contribution in [0.2, 0.25) is 0 Å². The molecule has 0 aliphatic carbocycles. The Labute approximate surface area is 176 Å². The highest BCUT2D eigenvalue weighted by Crippen LogP contribution is 2.25. The molecule has 1 heterocycles. The number of aromatic nitrogens is 3. The topological polar surface area (TPSA) is 59.8 Å². The molecule has 29 heavy (non-hydrogen) atoms. The third-order valence-corrected chi connectivity index (χ3v) is 5.89. The Balaban J connectivity index is 1.65. The van der Waals surface area contributed by atoms with E-state index in [4.69, 9.17) is 0 Å². The number of rotatable bonds is 8. The van der Waals surface area contributed by atoms with E-state index in [0.29, 0.717) is 5.92 Å². The SMILES string of the molecule is CCn1c(Cc2ccccc2)nnc1S[C@H](C)C(=O)Nc1ccc(C(C)C)cc1. The van der Waals surface area contributed by atoms with Gasteiger partial charge < -0.3 is 9.88 Å². The second-order valence-electron chi connectivity index (χ2n) is 7.33. The van der Waals surface area contributed by atoms with Crippen LogP contribution < -0.4 is 5.32 Å². The number of nitrogens with one attached hydrogen (secondary N) is 1. The van der Waals surface area contributed by atoms with Crippen molar-refractivity contribution in [1.82, 2.24) is 14.8 Å². The fraction of sp³-hybridized carbons (Fsp3) is 0.348. The lowest BCUT2D eigenvalue weighted by Gasteiger charge is -2.13. The second-order valence-corrected chi connectivity index (χ2v) is 8.64. The lowest BCUT2D eigenvalue weighted by atomic mass is 10.0. The van der Waals surface area contributed by atoms with Gasteiger partial charge in [0.15, 0.2) is 5.16 Å². The van der Waals surface area contributed by atoms with Gasteiger partial charge in [0.25, 0.3) is 0 Å². The molecule has 1 amide bonds. The number of anilines is 1. The van der Waals surface area contributed by atoms with Crippen LogP contribution in [-0.2, 0) is 17.8 Å². The summed E-state index contributed by atoms with van der Waals surface area (Å²) in [6.45, 7) is 9.05. The molecule has 0 aliphatic heterocycles. The molecule has 0 unspecified atom stereocenters. The molecule has 0 fully saturated rings. The monoisotopic (exact) mass is 408 g/mol. The van der Waals surface area contributed by atoms with Crippen molar-refractivity contribution in [3.8, 4) is 0 Å². The van der Waals surface area contributed by atoms with Crippen LogP contribution >= 0.6 is 11.8 Å². The van der Waals surface area contributed by atoms with Crippen LogP contribution in [0.5, 0.6) is 0 Å². The summed E-state index contributed by atoms with van der Waals surface area (Å²) in [5, 5.41) is 12.2. The second kappa shape index (κ2) is 9.74. The van der Waals surface area contributed by atoms with Crippen LogP contribution in [0.25, 0.3) is 0 Å². The molecule has 0 saturated carbocycles. The molecular weight excluding hydrogens is 380 g/mol. The normalized spacial score (nSPS) is 12.2. The number of nitrogens with zero attached hydrogens (tertiary/aromatic N) is 3. The first-order valence-corrected chi connectivity index (χ1v) is 10.9. The van der Waals surface area contributed by atoms with Crippen molar-refractivity contribution in [2.45, 2.75) is 57.0 Å². The van der Waals surface area contributed by atoms with Gasteiger partial charge in [-0.05, 0) is 43.0 Å². The van der Waals surface area contributed by atoms with Gasteiger partial charge in [-0.2, -0.15) is 0 Å². The number of carbonyl (C=O) groups excluding carboxylic acids is 1. The molecule has 0 saturated heterocycles. The Morgan fingerprint density at radius 1 is 1.03 bits per heavy atom. The van der Waals surface area contributed by atoms with E-state index in [1.165, 1.54) is 22.9 Å². The Hall–Kier alpha value is -2.60. The maximum atomic E-state index is 12.6. The molecule has 6 heteroatoms. The van der Waals surface area contributed by atoms with Crippen LogP contribution in [0, 0.1) is 0 Å². The molecule has 0 aliphatic rings. The largest absolute Gasteiger partial charge is 0.325 e. The van der Waals surface area contributed by atoms with Gasteiger partial charge in [-0.1, -0.05) is 68.1 Å². The molecule has 5 nitrogen and oxygen atoms in total. The zero-order valence-electron chi connectivity index (χ0n) is 17.4. The Morgan fingerprint density at radius 3 is 2.34 bits per heavy atom. The van der Waals surface area contributed by atoms with Crippen LogP contribution in [0.4, 0.5) is 5.69 Å². The van der Waals surface area contributed by atoms with Gasteiger partial charge in [-0.3, -0.25) is 4.79 Å². The number of hydrogen-bond donors (Lipinski definition) is 1. The van der Waals surface area contributed by atoms with Crippen LogP contribution in [0.1, 0.15) is 50.6 Å². The van der Waals surface area contributed by atoms with E-state index < -0.39 is 0 Å². The van der Waals surface area contributed by atoms with Crippen molar-refractivity contribution in [3.63, 3.8) is 0 Å². The zero-order chi connectivity index (χ0) is 20.8. The van der Waals surface area contributed by atoms with Gasteiger partial charge in [0.05, 0.1) is 5.25 Å². The first kappa shape index (κ1) is 21.1. The standard InChI is InChI=1S/C23H28N4OS/c1-5-27-21(15-18-9-7-6-8-10-18)25-26-23(27)29-17(4)22(28)24-20-13-11-19(12-14-20)16(2)3/h6-14,16-17H,5,15H2,1-4H3,(H,24,28)/t17-/m1/s1. The summed E-state index contributed by atoms with van der Waals surface area (Å²) in [6, 6.07) is 18.3. The summed E-state index contributed by atoms with van der Waals surface area (Å²) in [6.07, 6.45) is 0.727. The maximum absolute atomic E-state index is 12.6. The summed E-state index contributed by atoms with van der Waals surface area (Å²) in [5.74, 6) is 1.35. The molecule has 3 rings (SSSR count). The molecule has 152 valence electrons. The first-order chi connectivity index (χ1) is 14.0. The highest BCUT2D eigenvalue weighted by atomic mass is 32.2. The van der Waals surface area contributed by atoms with Gasteiger partial charge in [0.2, 0.25) is 5.91 Å². The van der Waals surface area contributed by atoms with Gasteiger partial charge in [-0.15, -0.1) is 10.2 Å². The van der Waals surface area contributed by atoms with Gasteiger partial charge in [-0.25, -0.2) is 0 Å². The number of hydrogen-bond acceptors (Lipinski definition) is 4. The van der Waals surface area contributed by atoms with E-state index in [1.54, 1.807) is 0 Å². The van der Waals surface area contributed by atoms with E-state index in [-0.39, 0.29) is 11.2 Å². The lowest BCUT2D eigenvalue weighted by Crippen LogP contribution is -2.23. The van der Waals surface area contributed by atoms with E-state index in [1.807, 2.05) is 37.3 Å². The lowest BCUT2D eigenvalue weighted by molar-refractivity contribution is -0.115. The minimum absolute atomic E-state index is 0.0393. The Kier molecular flexibility index (Phi) is 7.09. The molecular formula is C23H28N4OS. The average Bonchev–Trinajstić information content (AvgIpc) is 3.10. The molecule has 0 spiro atoms. The maximum Gasteiger partial charge on any atom is 0.237 e. The third kappa shape index (κ3) is 5.48. The van der Waals surface area contributed by atoms with Crippen LogP contribution in [-0.4, -0.2) is 25.9 Å². The zero-order valence-corrected chi connectivity index (χ0v) is 18.2. The molecule has 1 atom stereocenters. The van der Waals surface area contributed by atoms with Gasteiger partial charge in [0.1, 0.15) is 5.82 Å². The van der Waals surface area contributed by atoms with Gasteiger partial charge >= 0.3 is 0 Å². The number of thioether (sulfide) groups is 1. The minimum Gasteiger partial charge on any atom is -0.325 e. The smallest absolute Gasteiger partial charge is 0.237 e. The highest BCUT2D eigenvalue weighted by molar-refractivity contribution is 8.00. The van der Waals surface area contributed by atoms with Crippen molar-refractivity contribution in [1.29, 1.82) is 0 Å². The predicted molar refractivity (Wildman–Crippen MR) is 119 cm³/mol. The van der Waals surface area contributed by atoms with Crippen molar-refractivity contribution in [3.05, 3.63) is 71.5 Å². The summed E-state index contributed by atoms with van der Waals surface area (Å²) in [4.78, 5) is 12.6. The molecule has 2 aromatic carbocycles. The van der Waals surface area contributed by atoms with Crippen molar-refractivity contribution in [2.24, 2.45) is 0 Å². The van der Waals surface area contributed by atoms with Crippen LogP contribution in [0.3, 0.4) is 0 Å². The molecule has 1 N–H and O–H groups in total. The Morgan fingerprint density at radius 2 is 1.72 bits per heavy atom. The van der Waals surface area contributed by atoms with E-state index in [9.17, 15) is 4.79 Å². The summed E-state index contributed by atoms with van der Waals surface area (Å²) >= 11 is 1.44. The molecule has 3 aromatic rings. The fourth-order valence-electron chi connectivity index (χ4n) is 3.04. The first-order valence-electron chi connectivity index (χ1n) is 10.0. The number of amides is 1. The molecule has 1 aromatic heterocycles. The van der Waals surface area contributed by atoms with E-state index >= 15 is 0 Å².